The van der Waals surface area contributed by atoms with E-state index < -0.39 is 41.5 Å². The molecule has 0 spiro atoms. The van der Waals surface area contributed by atoms with Crippen molar-refractivity contribution >= 4 is 34.2 Å². The van der Waals surface area contributed by atoms with E-state index in [2.05, 4.69) is 10.4 Å². The Kier molecular flexibility index (Phi) is 6.91. The second kappa shape index (κ2) is 8.86. The summed E-state index contributed by atoms with van der Waals surface area (Å²) in [6.45, 7) is 6.43. The molecular formula is C18H20F3N3O5S. The zero-order valence-electron chi connectivity index (χ0n) is 16.8. The van der Waals surface area contributed by atoms with Gasteiger partial charge in [-0.15, -0.1) is 11.3 Å². The SMILES string of the molecule is CCOC(=O)c1sc(NC(=O)c2cc(C(F)(F)F)n(C)n2)c(C(=O)OC(C)C)c1C. The van der Waals surface area contributed by atoms with Crippen LogP contribution >= 0.6 is 11.3 Å². The molecule has 164 valence electrons. The van der Waals surface area contributed by atoms with Gasteiger partial charge in [-0.1, -0.05) is 0 Å². The number of ether oxygens (including phenoxy) is 2. The van der Waals surface area contributed by atoms with Gasteiger partial charge in [0.05, 0.1) is 18.3 Å². The van der Waals surface area contributed by atoms with Crippen molar-refractivity contribution in [3.63, 3.8) is 0 Å². The van der Waals surface area contributed by atoms with Gasteiger partial charge in [-0.25, -0.2) is 9.59 Å². The number of halogens is 3. The number of aromatic nitrogens is 2. The highest BCUT2D eigenvalue weighted by Gasteiger charge is 2.36. The first-order valence-corrected chi connectivity index (χ1v) is 9.62. The zero-order valence-corrected chi connectivity index (χ0v) is 17.7. The molecule has 0 unspecified atom stereocenters. The summed E-state index contributed by atoms with van der Waals surface area (Å²) >= 11 is 0.765. The van der Waals surface area contributed by atoms with E-state index in [1.165, 1.54) is 6.92 Å². The molecule has 8 nitrogen and oxygen atoms in total. The lowest BCUT2D eigenvalue weighted by atomic mass is 10.1. The average molecular weight is 447 g/mol. The van der Waals surface area contributed by atoms with Crippen molar-refractivity contribution in [3.05, 3.63) is 33.5 Å². The van der Waals surface area contributed by atoms with Crippen LogP contribution in [0.15, 0.2) is 6.07 Å². The molecule has 0 aliphatic carbocycles. The van der Waals surface area contributed by atoms with Gasteiger partial charge in [0.2, 0.25) is 0 Å². The predicted molar refractivity (Wildman–Crippen MR) is 102 cm³/mol. The first-order valence-electron chi connectivity index (χ1n) is 8.80. The minimum Gasteiger partial charge on any atom is -0.462 e. The normalized spacial score (nSPS) is 11.5. The summed E-state index contributed by atoms with van der Waals surface area (Å²) in [6, 6.07) is 0.591. The molecule has 0 aromatic carbocycles. The molecule has 0 saturated heterocycles. The van der Waals surface area contributed by atoms with E-state index >= 15 is 0 Å². The number of rotatable bonds is 6. The van der Waals surface area contributed by atoms with E-state index in [9.17, 15) is 27.6 Å². The lowest BCUT2D eigenvalue weighted by Gasteiger charge is -2.10. The number of amides is 1. The molecule has 0 aliphatic rings. The fraction of sp³-hybridized carbons (Fsp3) is 0.444. The molecule has 0 saturated carbocycles. The minimum absolute atomic E-state index is 0.0505. The number of nitrogens with one attached hydrogen (secondary N) is 1. The van der Waals surface area contributed by atoms with Crippen molar-refractivity contribution in [3.8, 4) is 0 Å². The molecule has 0 aliphatic heterocycles. The molecule has 1 N–H and O–H groups in total. The van der Waals surface area contributed by atoms with E-state index in [4.69, 9.17) is 9.47 Å². The second-order valence-corrected chi connectivity index (χ2v) is 7.45. The van der Waals surface area contributed by atoms with Gasteiger partial charge < -0.3 is 14.8 Å². The molecule has 1 amide bonds. The Hall–Kier alpha value is -2.89. The van der Waals surface area contributed by atoms with Crippen LogP contribution in [0.1, 0.15) is 62.5 Å². The first kappa shape index (κ1) is 23.4. The molecule has 2 rings (SSSR count). The topological polar surface area (TPSA) is 99.5 Å². The molecule has 0 bridgehead atoms. The summed E-state index contributed by atoms with van der Waals surface area (Å²) in [5, 5.41) is 5.88. The predicted octanol–water partition coefficient (Wildman–Crippen LogP) is 3.80. The number of nitrogens with zero attached hydrogens (tertiary/aromatic N) is 2. The number of aryl methyl sites for hydroxylation is 1. The molecular weight excluding hydrogens is 427 g/mol. The molecule has 0 fully saturated rings. The Morgan fingerprint density at radius 1 is 1.27 bits per heavy atom. The molecule has 0 atom stereocenters. The van der Waals surface area contributed by atoms with E-state index in [-0.39, 0.29) is 27.6 Å². The lowest BCUT2D eigenvalue weighted by molar-refractivity contribution is -0.143. The third-order valence-corrected chi connectivity index (χ3v) is 4.97. The van der Waals surface area contributed by atoms with Crippen LogP contribution in [-0.4, -0.2) is 40.3 Å². The van der Waals surface area contributed by atoms with E-state index in [1.54, 1.807) is 20.8 Å². The Morgan fingerprint density at radius 2 is 1.90 bits per heavy atom. The summed E-state index contributed by atoms with van der Waals surface area (Å²) in [4.78, 5) is 37.3. The summed E-state index contributed by atoms with van der Waals surface area (Å²) in [5.74, 6) is -2.46. The van der Waals surface area contributed by atoms with Crippen LogP contribution in [-0.2, 0) is 22.7 Å². The van der Waals surface area contributed by atoms with E-state index in [0.717, 1.165) is 18.4 Å². The quantitative estimate of drug-likeness (QED) is 0.677. The summed E-state index contributed by atoms with van der Waals surface area (Å²) in [6.07, 6.45) is -5.17. The highest BCUT2D eigenvalue weighted by Crippen LogP contribution is 2.35. The smallest absolute Gasteiger partial charge is 0.433 e. The first-order chi connectivity index (χ1) is 13.9. The molecule has 2 aromatic rings. The number of esters is 2. The Bertz CT molecular complexity index is 979. The number of alkyl halides is 3. The fourth-order valence-corrected chi connectivity index (χ4v) is 3.61. The van der Waals surface area contributed by atoms with Crippen molar-refractivity contribution in [2.45, 2.75) is 40.0 Å². The van der Waals surface area contributed by atoms with Gasteiger partial charge in [0.1, 0.15) is 15.6 Å². The Balaban J connectivity index is 2.44. The van der Waals surface area contributed by atoms with Crippen LogP contribution in [0.25, 0.3) is 0 Å². The van der Waals surface area contributed by atoms with Crippen LogP contribution in [0.5, 0.6) is 0 Å². The monoisotopic (exact) mass is 447 g/mol. The highest BCUT2D eigenvalue weighted by molar-refractivity contribution is 7.18. The van der Waals surface area contributed by atoms with Gasteiger partial charge in [0, 0.05) is 13.1 Å². The van der Waals surface area contributed by atoms with Crippen LogP contribution in [0.4, 0.5) is 18.2 Å². The van der Waals surface area contributed by atoms with Crippen molar-refractivity contribution in [1.82, 2.24) is 9.78 Å². The standard InChI is InChI=1S/C18H20F3N3O5S/c1-6-28-17(27)13-9(4)12(16(26)29-8(2)3)15(30-13)22-14(25)10-7-11(18(19,20)21)24(5)23-10/h7-8H,6H2,1-5H3,(H,22,25). The number of carbonyl (C=O) groups is 3. The number of hydrogen-bond donors (Lipinski definition) is 1. The summed E-state index contributed by atoms with van der Waals surface area (Å²) in [7, 11) is 1.05. The van der Waals surface area contributed by atoms with Crippen LogP contribution in [0.3, 0.4) is 0 Å². The van der Waals surface area contributed by atoms with Gasteiger partial charge >= 0.3 is 18.1 Å². The van der Waals surface area contributed by atoms with Gasteiger partial charge in [0.25, 0.3) is 5.91 Å². The number of hydrogen-bond acceptors (Lipinski definition) is 7. The maximum atomic E-state index is 13.0. The lowest BCUT2D eigenvalue weighted by Crippen LogP contribution is -2.17. The summed E-state index contributed by atoms with van der Waals surface area (Å²) in [5.41, 5.74) is -1.45. The molecule has 30 heavy (non-hydrogen) atoms. The molecule has 2 heterocycles. The van der Waals surface area contributed by atoms with E-state index in [0.29, 0.717) is 10.7 Å². The molecule has 2 aromatic heterocycles. The third-order valence-electron chi connectivity index (χ3n) is 3.78. The van der Waals surface area contributed by atoms with Gasteiger partial charge in [0.15, 0.2) is 5.69 Å². The maximum Gasteiger partial charge on any atom is 0.433 e. The Labute approximate surface area is 174 Å². The van der Waals surface area contributed by atoms with Crippen LogP contribution in [0.2, 0.25) is 0 Å². The van der Waals surface area contributed by atoms with Crippen LogP contribution < -0.4 is 5.32 Å². The highest BCUT2D eigenvalue weighted by atomic mass is 32.1. The maximum absolute atomic E-state index is 13.0. The van der Waals surface area contributed by atoms with Gasteiger partial charge in [-0.2, -0.15) is 18.3 Å². The zero-order chi connectivity index (χ0) is 22.8. The second-order valence-electron chi connectivity index (χ2n) is 6.43. The Morgan fingerprint density at radius 3 is 2.40 bits per heavy atom. The van der Waals surface area contributed by atoms with Gasteiger partial charge in [-0.3, -0.25) is 9.48 Å². The van der Waals surface area contributed by atoms with Crippen LogP contribution in [0, 0.1) is 6.92 Å². The fourth-order valence-electron chi connectivity index (χ4n) is 2.52. The van der Waals surface area contributed by atoms with Gasteiger partial charge in [-0.05, 0) is 33.3 Å². The molecule has 12 heteroatoms. The number of carbonyl (C=O) groups excluding carboxylic acids is 3. The van der Waals surface area contributed by atoms with Crippen molar-refractivity contribution in [2.75, 3.05) is 11.9 Å². The molecule has 0 radical (unpaired) electrons. The average Bonchev–Trinajstić information content (AvgIpc) is 3.14. The number of anilines is 1. The largest absolute Gasteiger partial charge is 0.462 e. The number of thiophene rings is 1. The summed E-state index contributed by atoms with van der Waals surface area (Å²) < 4.78 is 49.5. The minimum atomic E-state index is -4.69. The third kappa shape index (κ3) is 4.99. The van der Waals surface area contributed by atoms with Crippen molar-refractivity contribution < 1.29 is 37.0 Å². The van der Waals surface area contributed by atoms with Crippen molar-refractivity contribution in [2.24, 2.45) is 7.05 Å². The van der Waals surface area contributed by atoms with E-state index in [1.807, 2.05) is 0 Å². The van der Waals surface area contributed by atoms with Crippen molar-refractivity contribution in [1.29, 1.82) is 0 Å².